The Bertz CT molecular complexity index is 1850. The third kappa shape index (κ3) is 5.32. The monoisotopic (exact) mass is 586 g/mol. The summed E-state index contributed by atoms with van der Waals surface area (Å²) in [7, 11) is 3.13. The second kappa shape index (κ2) is 12.7. The van der Waals surface area contributed by atoms with Gasteiger partial charge in [-0.05, 0) is 61.6 Å². The SMILES string of the molecule is CCCC1=C(C(=O)OCC)[C@@H](c2cc(OC)ccc2OC)n2c(s/c(=C/c3ccc(OCC)c4ccccc34)c2=O)=N1. The number of nitrogens with zero attached hydrogens (tertiary/aromatic N) is 2. The minimum absolute atomic E-state index is 0.193. The molecule has 1 aliphatic heterocycles. The number of hydrogen-bond acceptors (Lipinski definition) is 8. The Hall–Kier alpha value is -4.37. The summed E-state index contributed by atoms with van der Waals surface area (Å²) in [6.45, 7) is 6.49. The summed E-state index contributed by atoms with van der Waals surface area (Å²) in [5.41, 5.74) is 2.17. The van der Waals surface area contributed by atoms with E-state index in [0.717, 1.165) is 28.5 Å². The third-order valence-electron chi connectivity index (χ3n) is 7.13. The molecule has 5 rings (SSSR count). The number of allylic oxidation sites excluding steroid dienone is 1. The summed E-state index contributed by atoms with van der Waals surface area (Å²) in [5.74, 6) is 1.38. The maximum Gasteiger partial charge on any atom is 0.338 e. The molecule has 0 saturated heterocycles. The number of esters is 1. The van der Waals surface area contributed by atoms with E-state index < -0.39 is 12.0 Å². The van der Waals surface area contributed by atoms with E-state index in [2.05, 4.69) is 0 Å². The molecule has 2 heterocycles. The molecule has 0 N–H and O–H groups in total. The first-order valence-electron chi connectivity index (χ1n) is 14.0. The van der Waals surface area contributed by atoms with Crippen LogP contribution in [0.4, 0.5) is 0 Å². The molecule has 3 aromatic carbocycles. The average molecular weight is 587 g/mol. The van der Waals surface area contributed by atoms with E-state index >= 15 is 0 Å². The van der Waals surface area contributed by atoms with Gasteiger partial charge in [-0.15, -0.1) is 0 Å². The molecule has 0 unspecified atom stereocenters. The molecule has 4 aromatic rings. The van der Waals surface area contributed by atoms with Crippen LogP contribution in [-0.2, 0) is 9.53 Å². The first-order valence-corrected chi connectivity index (χ1v) is 14.9. The Labute approximate surface area is 248 Å². The van der Waals surface area contributed by atoms with Crippen molar-refractivity contribution in [3.8, 4) is 17.2 Å². The minimum Gasteiger partial charge on any atom is -0.497 e. The van der Waals surface area contributed by atoms with E-state index in [-0.39, 0.29) is 12.2 Å². The fourth-order valence-corrected chi connectivity index (χ4v) is 6.32. The number of benzene rings is 3. The predicted octanol–water partition coefficient (Wildman–Crippen LogP) is 5.15. The summed E-state index contributed by atoms with van der Waals surface area (Å²) in [5, 5.41) is 1.94. The quantitative estimate of drug-likeness (QED) is 0.239. The van der Waals surface area contributed by atoms with Crippen molar-refractivity contribution in [1.82, 2.24) is 4.57 Å². The molecule has 1 atom stereocenters. The van der Waals surface area contributed by atoms with Crippen molar-refractivity contribution in [3.63, 3.8) is 0 Å². The van der Waals surface area contributed by atoms with Gasteiger partial charge < -0.3 is 18.9 Å². The fourth-order valence-electron chi connectivity index (χ4n) is 5.31. The normalized spacial score (nSPS) is 14.9. The van der Waals surface area contributed by atoms with E-state index in [1.54, 1.807) is 43.9 Å². The topological polar surface area (TPSA) is 88.4 Å². The van der Waals surface area contributed by atoms with Gasteiger partial charge in [-0.3, -0.25) is 9.36 Å². The fraction of sp³-hybridized carbons (Fsp3) is 0.303. The highest BCUT2D eigenvalue weighted by Crippen LogP contribution is 2.39. The van der Waals surface area contributed by atoms with Gasteiger partial charge in [-0.25, -0.2) is 9.79 Å². The molecular weight excluding hydrogens is 552 g/mol. The lowest BCUT2D eigenvalue weighted by Crippen LogP contribution is -2.40. The molecule has 0 bridgehead atoms. The number of carbonyl (C=O) groups is 1. The van der Waals surface area contributed by atoms with Crippen molar-refractivity contribution in [1.29, 1.82) is 0 Å². The predicted molar refractivity (Wildman–Crippen MR) is 164 cm³/mol. The zero-order valence-electron chi connectivity index (χ0n) is 24.4. The lowest BCUT2D eigenvalue weighted by atomic mass is 9.93. The maximum atomic E-state index is 14.3. The number of ether oxygens (including phenoxy) is 4. The Kier molecular flexibility index (Phi) is 8.77. The molecule has 1 aromatic heterocycles. The number of aromatic nitrogens is 1. The van der Waals surface area contributed by atoms with Crippen LogP contribution in [0, 0.1) is 0 Å². The van der Waals surface area contributed by atoms with Crippen LogP contribution in [0.3, 0.4) is 0 Å². The third-order valence-corrected chi connectivity index (χ3v) is 8.11. The molecule has 0 aliphatic carbocycles. The molecule has 9 heteroatoms. The Morgan fingerprint density at radius 1 is 0.976 bits per heavy atom. The summed E-state index contributed by atoms with van der Waals surface area (Å²) in [6, 6.07) is 16.4. The van der Waals surface area contributed by atoms with E-state index in [1.165, 1.54) is 11.3 Å². The van der Waals surface area contributed by atoms with Crippen LogP contribution in [-0.4, -0.2) is 38.0 Å². The van der Waals surface area contributed by atoms with Gasteiger partial charge in [0.15, 0.2) is 4.80 Å². The van der Waals surface area contributed by atoms with Crippen LogP contribution in [0.25, 0.3) is 16.8 Å². The van der Waals surface area contributed by atoms with Crippen molar-refractivity contribution >= 4 is 34.2 Å². The molecule has 0 fully saturated rings. The molecule has 0 spiro atoms. The van der Waals surface area contributed by atoms with Crippen LogP contribution < -0.4 is 29.1 Å². The Balaban J connectivity index is 1.80. The first-order chi connectivity index (χ1) is 20.4. The van der Waals surface area contributed by atoms with Gasteiger partial charge in [-0.2, -0.15) is 0 Å². The zero-order chi connectivity index (χ0) is 29.8. The standard InChI is InChI=1S/C33H34N2O6S/c1-6-11-25-29(32(37)41-8-3)30(24-19-21(38-4)15-17-26(24)39-5)35-31(36)28(42-33(35)34-25)18-20-14-16-27(40-7-2)23-13-10-9-12-22(20)23/h9-10,12-19,30H,6-8,11H2,1-5H3/b28-18+/t30-/m1/s1. The van der Waals surface area contributed by atoms with Crippen molar-refractivity contribution in [2.75, 3.05) is 27.4 Å². The number of rotatable bonds is 10. The van der Waals surface area contributed by atoms with Crippen molar-refractivity contribution in [2.45, 2.75) is 39.7 Å². The van der Waals surface area contributed by atoms with Gasteiger partial charge in [0.1, 0.15) is 23.3 Å². The molecule has 8 nitrogen and oxygen atoms in total. The second-order valence-corrected chi connectivity index (χ2v) is 10.7. The van der Waals surface area contributed by atoms with Crippen molar-refractivity contribution < 1.29 is 23.7 Å². The van der Waals surface area contributed by atoms with Crippen LogP contribution in [0.1, 0.15) is 50.8 Å². The first kappa shape index (κ1) is 29.1. The smallest absolute Gasteiger partial charge is 0.338 e. The number of methoxy groups -OCH3 is 2. The largest absolute Gasteiger partial charge is 0.497 e. The number of hydrogen-bond donors (Lipinski definition) is 0. The number of fused-ring (bicyclic) bond motifs is 2. The highest BCUT2D eigenvalue weighted by molar-refractivity contribution is 7.07. The molecule has 0 amide bonds. The lowest BCUT2D eigenvalue weighted by Gasteiger charge is -2.27. The van der Waals surface area contributed by atoms with Gasteiger partial charge in [0.05, 0.1) is 43.2 Å². The summed E-state index contributed by atoms with van der Waals surface area (Å²) in [4.78, 5) is 33.2. The lowest BCUT2D eigenvalue weighted by molar-refractivity contribution is -0.139. The minimum atomic E-state index is -0.814. The van der Waals surface area contributed by atoms with E-state index in [4.69, 9.17) is 23.9 Å². The number of carbonyl (C=O) groups excluding carboxylic acids is 1. The second-order valence-electron chi connectivity index (χ2n) is 9.65. The molecule has 218 valence electrons. The van der Waals surface area contributed by atoms with E-state index in [1.807, 2.05) is 56.3 Å². The zero-order valence-corrected chi connectivity index (χ0v) is 25.2. The van der Waals surface area contributed by atoms with Gasteiger partial charge in [0.2, 0.25) is 0 Å². The molecular formula is C33H34N2O6S. The summed E-state index contributed by atoms with van der Waals surface area (Å²) in [6.07, 6.45) is 3.19. The van der Waals surface area contributed by atoms with Crippen LogP contribution in [0.2, 0.25) is 0 Å². The highest BCUT2D eigenvalue weighted by atomic mass is 32.1. The summed E-state index contributed by atoms with van der Waals surface area (Å²) < 4.78 is 24.7. The van der Waals surface area contributed by atoms with Crippen LogP contribution in [0.5, 0.6) is 17.2 Å². The van der Waals surface area contributed by atoms with Crippen LogP contribution >= 0.6 is 11.3 Å². The summed E-state index contributed by atoms with van der Waals surface area (Å²) >= 11 is 1.30. The molecule has 42 heavy (non-hydrogen) atoms. The van der Waals surface area contributed by atoms with Gasteiger partial charge >= 0.3 is 5.97 Å². The van der Waals surface area contributed by atoms with Crippen molar-refractivity contribution in [3.05, 3.63) is 96.7 Å². The Morgan fingerprint density at radius 3 is 2.43 bits per heavy atom. The maximum absolute atomic E-state index is 14.3. The number of thiazole rings is 1. The molecule has 0 saturated carbocycles. The Morgan fingerprint density at radius 2 is 1.74 bits per heavy atom. The van der Waals surface area contributed by atoms with Gasteiger partial charge in [0, 0.05) is 10.9 Å². The molecule has 0 radical (unpaired) electrons. The molecule has 1 aliphatic rings. The van der Waals surface area contributed by atoms with Crippen molar-refractivity contribution in [2.24, 2.45) is 4.99 Å². The van der Waals surface area contributed by atoms with Gasteiger partial charge in [0.25, 0.3) is 5.56 Å². The van der Waals surface area contributed by atoms with Gasteiger partial charge in [-0.1, -0.05) is 55.0 Å². The average Bonchev–Trinajstić information content (AvgIpc) is 3.31. The van der Waals surface area contributed by atoms with E-state index in [9.17, 15) is 9.59 Å². The highest BCUT2D eigenvalue weighted by Gasteiger charge is 2.36. The van der Waals surface area contributed by atoms with E-state index in [0.29, 0.717) is 50.7 Å². The van der Waals surface area contributed by atoms with Crippen LogP contribution in [0.15, 0.2) is 75.7 Å².